The van der Waals surface area contributed by atoms with Crippen molar-refractivity contribution in [2.45, 2.75) is 38.6 Å². The highest BCUT2D eigenvalue weighted by molar-refractivity contribution is 6.31. The van der Waals surface area contributed by atoms with Gasteiger partial charge in [0, 0.05) is 17.8 Å². The molecule has 2 amide bonds. The van der Waals surface area contributed by atoms with Crippen LogP contribution in [0.15, 0.2) is 36.0 Å². The van der Waals surface area contributed by atoms with Crippen molar-refractivity contribution < 1.29 is 4.79 Å². The molecule has 102 valence electrons. The molecule has 19 heavy (non-hydrogen) atoms. The van der Waals surface area contributed by atoms with Crippen LogP contribution in [0.1, 0.15) is 37.7 Å². The number of halogens is 1. The highest BCUT2D eigenvalue weighted by Crippen LogP contribution is 2.21. The minimum absolute atomic E-state index is 0.182. The van der Waals surface area contributed by atoms with E-state index in [0.29, 0.717) is 11.6 Å². The number of hydrogen-bond acceptors (Lipinski definition) is 1. The molecule has 0 bridgehead atoms. The van der Waals surface area contributed by atoms with Gasteiger partial charge in [-0.15, -0.1) is 0 Å². The maximum absolute atomic E-state index is 11.7. The van der Waals surface area contributed by atoms with E-state index in [1.54, 1.807) is 0 Å². The average molecular weight is 279 g/mol. The van der Waals surface area contributed by atoms with Gasteiger partial charge in [-0.1, -0.05) is 41.8 Å². The van der Waals surface area contributed by atoms with Gasteiger partial charge in [0.2, 0.25) is 0 Å². The van der Waals surface area contributed by atoms with Crippen LogP contribution in [0.4, 0.5) is 4.79 Å². The van der Waals surface area contributed by atoms with Crippen LogP contribution in [0.3, 0.4) is 0 Å². The number of amides is 2. The van der Waals surface area contributed by atoms with E-state index in [4.69, 9.17) is 11.6 Å². The maximum atomic E-state index is 11.7. The van der Waals surface area contributed by atoms with Crippen LogP contribution in [0.2, 0.25) is 5.02 Å². The molecule has 0 atom stereocenters. The third-order valence-corrected chi connectivity index (χ3v) is 3.67. The van der Waals surface area contributed by atoms with E-state index in [9.17, 15) is 4.79 Å². The molecule has 0 unspecified atom stereocenters. The lowest BCUT2D eigenvalue weighted by atomic mass is 9.96. The summed E-state index contributed by atoms with van der Waals surface area (Å²) in [4.78, 5) is 11.7. The second-order valence-electron chi connectivity index (χ2n) is 4.78. The number of carbonyl (C=O) groups excluding carboxylic acids is 1. The Balaban J connectivity index is 1.77. The number of allylic oxidation sites excluding steroid dienone is 1. The van der Waals surface area contributed by atoms with Gasteiger partial charge in [-0.3, -0.25) is 0 Å². The Labute approximate surface area is 119 Å². The fourth-order valence-electron chi connectivity index (χ4n) is 2.19. The van der Waals surface area contributed by atoms with Crippen molar-refractivity contribution in [2.75, 3.05) is 0 Å². The summed E-state index contributed by atoms with van der Waals surface area (Å²) < 4.78 is 0. The zero-order valence-electron chi connectivity index (χ0n) is 10.9. The molecule has 1 aromatic rings. The largest absolute Gasteiger partial charge is 0.334 e. The smallest absolute Gasteiger partial charge is 0.319 e. The Morgan fingerprint density at radius 1 is 1.21 bits per heavy atom. The first-order valence-corrected chi connectivity index (χ1v) is 7.09. The van der Waals surface area contributed by atoms with E-state index in [1.807, 2.05) is 30.5 Å². The average Bonchev–Trinajstić information content (AvgIpc) is 2.45. The zero-order valence-corrected chi connectivity index (χ0v) is 11.7. The summed E-state index contributed by atoms with van der Waals surface area (Å²) in [5.74, 6) is 0. The van der Waals surface area contributed by atoms with E-state index in [2.05, 4.69) is 10.6 Å². The zero-order chi connectivity index (χ0) is 13.5. The van der Waals surface area contributed by atoms with E-state index in [1.165, 1.54) is 24.8 Å². The molecule has 0 heterocycles. The summed E-state index contributed by atoms with van der Waals surface area (Å²) in [7, 11) is 0. The molecular formula is C15H19ClN2O. The normalized spacial score (nSPS) is 14.9. The molecule has 1 aliphatic carbocycles. The Hall–Kier alpha value is -1.48. The number of hydrogen-bond donors (Lipinski definition) is 2. The number of carbonyl (C=O) groups is 1. The highest BCUT2D eigenvalue weighted by atomic mass is 35.5. The fraction of sp³-hybridized carbons (Fsp3) is 0.400. The molecule has 2 N–H and O–H groups in total. The van der Waals surface area contributed by atoms with Gasteiger partial charge in [0.25, 0.3) is 0 Å². The molecule has 0 aromatic heterocycles. The monoisotopic (exact) mass is 278 g/mol. The second kappa shape index (κ2) is 7.19. The molecule has 1 aliphatic rings. The topological polar surface area (TPSA) is 41.1 Å². The van der Waals surface area contributed by atoms with Gasteiger partial charge in [0.1, 0.15) is 0 Å². The molecule has 0 saturated heterocycles. The minimum Gasteiger partial charge on any atom is -0.334 e. The molecule has 0 spiro atoms. The lowest BCUT2D eigenvalue weighted by Crippen LogP contribution is -2.32. The number of urea groups is 1. The molecule has 4 heteroatoms. The van der Waals surface area contributed by atoms with E-state index >= 15 is 0 Å². The third kappa shape index (κ3) is 4.60. The summed E-state index contributed by atoms with van der Waals surface area (Å²) in [5.41, 5.74) is 2.25. The maximum Gasteiger partial charge on any atom is 0.319 e. The number of rotatable bonds is 3. The first kappa shape index (κ1) is 13.9. The molecule has 2 rings (SSSR count). The van der Waals surface area contributed by atoms with Crippen molar-refractivity contribution in [3.8, 4) is 0 Å². The van der Waals surface area contributed by atoms with Gasteiger partial charge in [0.15, 0.2) is 0 Å². The van der Waals surface area contributed by atoms with Crippen molar-refractivity contribution in [3.05, 3.63) is 46.6 Å². The lowest BCUT2D eigenvalue weighted by Gasteiger charge is -2.13. The summed E-state index contributed by atoms with van der Waals surface area (Å²) in [6, 6.07) is 7.32. The molecule has 0 aliphatic heterocycles. The Morgan fingerprint density at radius 2 is 1.95 bits per heavy atom. The van der Waals surface area contributed by atoms with Crippen molar-refractivity contribution in [1.82, 2.24) is 10.6 Å². The SMILES string of the molecule is O=C(NC=C1CCCCC1)NCc1ccccc1Cl. The molecule has 1 fully saturated rings. The van der Waals surface area contributed by atoms with Crippen molar-refractivity contribution >= 4 is 17.6 Å². The summed E-state index contributed by atoms with van der Waals surface area (Å²) >= 11 is 6.02. The van der Waals surface area contributed by atoms with Gasteiger partial charge in [0.05, 0.1) is 0 Å². The molecule has 1 saturated carbocycles. The summed E-state index contributed by atoms with van der Waals surface area (Å²) in [6.45, 7) is 0.439. The van der Waals surface area contributed by atoms with Gasteiger partial charge in [-0.2, -0.15) is 0 Å². The predicted molar refractivity (Wildman–Crippen MR) is 78.0 cm³/mol. The molecule has 0 radical (unpaired) electrons. The van der Waals surface area contributed by atoms with Crippen molar-refractivity contribution in [2.24, 2.45) is 0 Å². The first-order chi connectivity index (χ1) is 9.25. The van der Waals surface area contributed by atoms with Gasteiger partial charge < -0.3 is 10.6 Å². The van der Waals surface area contributed by atoms with E-state index < -0.39 is 0 Å². The fourth-order valence-corrected chi connectivity index (χ4v) is 2.39. The number of benzene rings is 1. The van der Waals surface area contributed by atoms with Crippen LogP contribution in [0.25, 0.3) is 0 Å². The molecule has 3 nitrogen and oxygen atoms in total. The Bertz CT molecular complexity index is 463. The predicted octanol–water partition coefficient (Wildman–Crippen LogP) is 3.99. The van der Waals surface area contributed by atoms with Crippen LogP contribution in [-0.4, -0.2) is 6.03 Å². The Morgan fingerprint density at radius 3 is 2.68 bits per heavy atom. The quantitative estimate of drug-likeness (QED) is 0.862. The first-order valence-electron chi connectivity index (χ1n) is 6.71. The molecular weight excluding hydrogens is 260 g/mol. The van der Waals surface area contributed by atoms with Crippen LogP contribution in [0.5, 0.6) is 0 Å². The molecule has 1 aromatic carbocycles. The van der Waals surface area contributed by atoms with E-state index in [-0.39, 0.29) is 6.03 Å². The van der Waals surface area contributed by atoms with E-state index in [0.717, 1.165) is 18.4 Å². The van der Waals surface area contributed by atoms with Gasteiger partial charge in [-0.25, -0.2) is 4.79 Å². The lowest BCUT2D eigenvalue weighted by molar-refractivity contribution is 0.243. The van der Waals surface area contributed by atoms with Gasteiger partial charge >= 0.3 is 6.03 Å². The van der Waals surface area contributed by atoms with Crippen LogP contribution in [-0.2, 0) is 6.54 Å². The van der Waals surface area contributed by atoms with Crippen molar-refractivity contribution in [3.63, 3.8) is 0 Å². The van der Waals surface area contributed by atoms with Gasteiger partial charge in [-0.05, 0) is 37.3 Å². The summed E-state index contributed by atoms with van der Waals surface area (Å²) in [6.07, 6.45) is 7.82. The van der Waals surface area contributed by atoms with Crippen LogP contribution in [0, 0.1) is 0 Å². The minimum atomic E-state index is -0.182. The van der Waals surface area contributed by atoms with Crippen LogP contribution < -0.4 is 10.6 Å². The standard InChI is InChI=1S/C15H19ClN2O/c16-14-9-5-4-8-13(14)11-18-15(19)17-10-12-6-2-1-3-7-12/h4-5,8-10H,1-3,6-7,11H2,(H2,17,18,19). The van der Waals surface area contributed by atoms with Crippen molar-refractivity contribution in [1.29, 1.82) is 0 Å². The highest BCUT2D eigenvalue weighted by Gasteiger charge is 2.06. The third-order valence-electron chi connectivity index (χ3n) is 3.30. The van der Waals surface area contributed by atoms with Crippen LogP contribution >= 0.6 is 11.6 Å². The number of nitrogens with one attached hydrogen (secondary N) is 2. The Kier molecular flexibility index (Phi) is 5.28. The second-order valence-corrected chi connectivity index (χ2v) is 5.19. The summed E-state index contributed by atoms with van der Waals surface area (Å²) in [5, 5.41) is 6.26.